The van der Waals surface area contributed by atoms with Gasteiger partial charge in [0, 0.05) is 5.92 Å². The Bertz CT molecular complexity index is 483. The van der Waals surface area contributed by atoms with Crippen LogP contribution in [0.3, 0.4) is 0 Å². The topological polar surface area (TPSA) is 74.6 Å². The predicted octanol–water partition coefficient (Wildman–Crippen LogP) is 7.76. The molecule has 1 aliphatic carbocycles. The van der Waals surface area contributed by atoms with Crippen LogP contribution in [0.5, 0.6) is 0 Å². The molecule has 0 spiro atoms. The van der Waals surface area contributed by atoms with Gasteiger partial charge in [0.2, 0.25) is 0 Å². The van der Waals surface area contributed by atoms with E-state index in [0.717, 1.165) is 19.3 Å². The molecule has 0 radical (unpaired) electrons. The van der Waals surface area contributed by atoms with E-state index in [1.165, 1.54) is 83.5 Å². The standard InChI is InChI=1S/C26H46O4/c1-2-3-4-5-6-7-8-9-10-11-12-13-14-15-16-17-20-23-21-18-19-22-26(23,24(27)28)25(29)30/h17,20,23H,2-16,18-19,21-22H2,1H3,(H,27,28)(H,29,30)/b20-17+. The van der Waals surface area contributed by atoms with E-state index in [-0.39, 0.29) is 12.3 Å². The second-order valence-electron chi connectivity index (χ2n) is 9.25. The number of carboxylic acids is 2. The lowest BCUT2D eigenvalue weighted by Crippen LogP contribution is -2.47. The van der Waals surface area contributed by atoms with Crippen LogP contribution in [0.1, 0.15) is 129 Å². The molecule has 1 rings (SSSR count). The lowest BCUT2D eigenvalue weighted by Gasteiger charge is -2.35. The van der Waals surface area contributed by atoms with Crippen LogP contribution in [0.25, 0.3) is 0 Å². The molecule has 4 heteroatoms. The minimum absolute atomic E-state index is 0.242. The first kappa shape index (κ1) is 26.7. The minimum atomic E-state index is -1.62. The SMILES string of the molecule is CCCCCCCCCCCCCCCC/C=C/C1CCCCC1(C(=O)O)C(=O)O. The van der Waals surface area contributed by atoms with Crippen molar-refractivity contribution in [3.05, 3.63) is 12.2 Å². The summed E-state index contributed by atoms with van der Waals surface area (Å²) in [6.07, 6.45) is 26.0. The average molecular weight is 423 g/mol. The summed E-state index contributed by atoms with van der Waals surface area (Å²) < 4.78 is 0. The molecule has 0 aromatic carbocycles. The van der Waals surface area contributed by atoms with E-state index < -0.39 is 17.4 Å². The summed E-state index contributed by atoms with van der Waals surface area (Å²) >= 11 is 0. The molecule has 1 fully saturated rings. The van der Waals surface area contributed by atoms with Crippen LogP contribution in [-0.2, 0) is 9.59 Å². The van der Waals surface area contributed by atoms with Gasteiger partial charge in [-0.05, 0) is 25.7 Å². The number of carboxylic acid groups (broad SMARTS) is 2. The second-order valence-corrected chi connectivity index (χ2v) is 9.25. The molecule has 1 saturated carbocycles. The highest BCUT2D eigenvalue weighted by Gasteiger charge is 2.52. The Morgan fingerprint density at radius 1 is 0.767 bits per heavy atom. The maximum Gasteiger partial charge on any atom is 0.321 e. The summed E-state index contributed by atoms with van der Waals surface area (Å²) in [5, 5.41) is 19.1. The van der Waals surface area contributed by atoms with Gasteiger partial charge in [0.15, 0.2) is 5.41 Å². The van der Waals surface area contributed by atoms with Crippen molar-refractivity contribution in [2.75, 3.05) is 0 Å². The molecule has 0 saturated heterocycles. The first-order valence-electron chi connectivity index (χ1n) is 12.7. The molecule has 0 amide bonds. The maximum absolute atomic E-state index is 11.7. The van der Waals surface area contributed by atoms with Crippen molar-refractivity contribution in [3.8, 4) is 0 Å². The lowest BCUT2D eigenvalue weighted by molar-refractivity contribution is -0.170. The molecule has 0 aliphatic heterocycles. The lowest BCUT2D eigenvalue weighted by atomic mass is 9.66. The van der Waals surface area contributed by atoms with E-state index in [0.29, 0.717) is 12.8 Å². The smallest absolute Gasteiger partial charge is 0.321 e. The highest BCUT2D eigenvalue weighted by molar-refractivity contribution is 5.99. The molecule has 1 unspecified atom stereocenters. The van der Waals surface area contributed by atoms with Crippen molar-refractivity contribution in [3.63, 3.8) is 0 Å². The molecule has 2 N–H and O–H groups in total. The molecular formula is C26H46O4. The molecular weight excluding hydrogens is 376 g/mol. The summed E-state index contributed by atoms with van der Waals surface area (Å²) in [7, 11) is 0. The van der Waals surface area contributed by atoms with Gasteiger partial charge >= 0.3 is 11.9 Å². The Morgan fingerprint density at radius 3 is 1.70 bits per heavy atom. The Morgan fingerprint density at radius 2 is 1.23 bits per heavy atom. The van der Waals surface area contributed by atoms with Crippen LogP contribution in [0, 0.1) is 11.3 Å². The number of hydrogen-bond acceptors (Lipinski definition) is 2. The molecule has 30 heavy (non-hydrogen) atoms. The van der Waals surface area contributed by atoms with Gasteiger partial charge in [-0.25, -0.2) is 0 Å². The van der Waals surface area contributed by atoms with Gasteiger partial charge < -0.3 is 10.2 Å². The second kappa shape index (κ2) is 16.4. The fraction of sp³-hybridized carbons (Fsp3) is 0.846. The Balaban J connectivity index is 2.05. The fourth-order valence-corrected chi connectivity index (χ4v) is 4.80. The zero-order valence-electron chi connectivity index (χ0n) is 19.4. The largest absolute Gasteiger partial charge is 0.480 e. The van der Waals surface area contributed by atoms with Crippen molar-refractivity contribution in [1.29, 1.82) is 0 Å². The summed E-state index contributed by atoms with van der Waals surface area (Å²) in [4.78, 5) is 23.4. The number of hydrogen-bond donors (Lipinski definition) is 2. The first-order chi connectivity index (χ1) is 14.6. The van der Waals surface area contributed by atoms with E-state index in [1.807, 2.05) is 12.2 Å². The van der Waals surface area contributed by atoms with Gasteiger partial charge in [0.25, 0.3) is 0 Å². The molecule has 1 atom stereocenters. The molecule has 174 valence electrons. The third-order valence-electron chi connectivity index (χ3n) is 6.83. The third kappa shape index (κ3) is 9.66. The van der Waals surface area contributed by atoms with Crippen LogP contribution >= 0.6 is 0 Å². The van der Waals surface area contributed by atoms with Crippen molar-refractivity contribution in [1.82, 2.24) is 0 Å². The van der Waals surface area contributed by atoms with E-state index >= 15 is 0 Å². The predicted molar refractivity (Wildman–Crippen MR) is 124 cm³/mol. The van der Waals surface area contributed by atoms with Crippen LogP contribution < -0.4 is 0 Å². The quantitative estimate of drug-likeness (QED) is 0.134. The molecule has 0 bridgehead atoms. The summed E-state index contributed by atoms with van der Waals surface area (Å²) in [6, 6.07) is 0. The van der Waals surface area contributed by atoms with E-state index in [1.54, 1.807) is 0 Å². The highest BCUT2D eigenvalue weighted by Crippen LogP contribution is 2.43. The van der Waals surface area contributed by atoms with Gasteiger partial charge in [-0.15, -0.1) is 0 Å². The van der Waals surface area contributed by atoms with E-state index in [9.17, 15) is 19.8 Å². The zero-order valence-corrected chi connectivity index (χ0v) is 19.4. The van der Waals surface area contributed by atoms with Crippen molar-refractivity contribution < 1.29 is 19.8 Å². The van der Waals surface area contributed by atoms with Crippen molar-refractivity contribution in [2.45, 2.75) is 129 Å². The Kier molecular flexibility index (Phi) is 14.6. The monoisotopic (exact) mass is 422 g/mol. The normalized spacial score (nSPS) is 18.6. The molecule has 1 aliphatic rings. The summed E-state index contributed by atoms with van der Waals surface area (Å²) in [5.41, 5.74) is -1.62. The Labute approximate surface area is 184 Å². The van der Waals surface area contributed by atoms with Gasteiger partial charge in [-0.2, -0.15) is 0 Å². The van der Waals surface area contributed by atoms with Gasteiger partial charge in [0.05, 0.1) is 0 Å². The van der Waals surface area contributed by atoms with Crippen LogP contribution in [0.4, 0.5) is 0 Å². The first-order valence-corrected chi connectivity index (χ1v) is 12.7. The van der Waals surface area contributed by atoms with Crippen LogP contribution in [-0.4, -0.2) is 22.2 Å². The van der Waals surface area contributed by atoms with Crippen molar-refractivity contribution >= 4 is 11.9 Å². The third-order valence-corrected chi connectivity index (χ3v) is 6.83. The molecule has 0 heterocycles. The van der Waals surface area contributed by atoms with Gasteiger partial charge in [0.1, 0.15) is 0 Å². The van der Waals surface area contributed by atoms with E-state index in [4.69, 9.17) is 0 Å². The number of carbonyl (C=O) groups is 2. The van der Waals surface area contributed by atoms with Gasteiger partial charge in [-0.1, -0.05) is 115 Å². The number of rotatable bonds is 18. The highest BCUT2D eigenvalue weighted by atomic mass is 16.4. The minimum Gasteiger partial charge on any atom is -0.480 e. The van der Waals surface area contributed by atoms with Crippen LogP contribution in [0.2, 0.25) is 0 Å². The van der Waals surface area contributed by atoms with E-state index in [2.05, 4.69) is 6.92 Å². The van der Waals surface area contributed by atoms with Gasteiger partial charge in [-0.3, -0.25) is 9.59 Å². The molecule has 0 aromatic rings. The van der Waals surface area contributed by atoms with Crippen LogP contribution in [0.15, 0.2) is 12.2 Å². The molecule has 0 aromatic heterocycles. The fourth-order valence-electron chi connectivity index (χ4n) is 4.80. The number of allylic oxidation sites excluding steroid dienone is 2. The number of aliphatic carboxylic acids is 2. The Hall–Kier alpha value is -1.32. The summed E-state index contributed by atoms with van der Waals surface area (Å²) in [5.74, 6) is -2.74. The molecule has 4 nitrogen and oxygen atoms in total. The number of unbranched alkanes of at least 4 members (excludes halogenated alkanes) is 14. The van der Waals surface area contributed by atoms with Crippen molar-refractivity contribution in [2.24, 2.45) is 11.3 Å². The summed E-state index contributed by atoms with van der Waals surface area (Å²) in [6.45, 7) is 2.26. The zero-order chi connectivity index (χ0) is 22.1. The maximum atomic E-state index is 11.7. The average Bonchev–Trinajstić information content (AvgIpc) is 2.73.